The topological polar surface area (TPSA) is 59.8 Å². The molecule has 0 aliphatic heterocycles. The molecule has 1 aromatic carbocycles. The van der Waals surface area contributed by atoms with Gasteiger partial charge in [0.15, 0.2) is 0 Å². The predicted octanol–water partition coefficient (Wildman–Crippen LogP) is 0.328. The molecule has 2 rings (SSSR count). The molecule has 0 fully saturated rings. The maximum atomic E-state index is 11.4. The van der Waals surface area contributed by atoms with E-state index in [1.165, 1.54) is 0 Å². The Kier molecular flexibility index (Phi) is 1.92. The fraction of sp³-hybridized carbons (Fsp3) is 0.222. The molecule has 0 bridgehead atoms. The average molecular weight is 190 g/mol. The number of hydrogen-bond donors (Lipinski definition) is 1. The van der Waals surface area contributed by atoms with Crippen molar-refractivity contribution in [3.05, 3.63) is 23.8 Å². The molecule has 1 N–H and O–H groups in total. The molecule has 0 radical (unpaired) electrons. The number of nitrogens with one attached hydrogen (secondary N) is 1. The molecule has 1 heterocycles. The van der Waals surface area contributed by atoms with E-state index in [1.807, 2.05) is 12.1 Å². The number of hydrogen-bond acceptors (Lipinski definition) is 3. The van der Waals surface area contributed by atoms with E-state index < -0.39 is 0 Å². The van der Waals surface area contributed by atoms with Gasteiger partial charge in [-0.1, -0.05) is 11.3 Å². The fourth-order valence-electron chi connectivity index (χ4n) is 1.38. The maximum absolute atomic E-state index is 11.4. The molecule has 0 saturated carbocycles. The first kappa shape index (κ1) is 8.68. The molecule has 0 aliphatic rings. The van der Waals surface area contributed by atoms with Gasteiger partial charge in [0, 0.05) is 14.1 Å². The highest BCUT2D eigenvalue weighted by atomic mass is 16.1. The Balaban J connectivity index is 2.71. The molecular weight excluding hydrogens is 180 g/mol. The highest BCUT2D eigenvalue weighted by molar-refractivity contribution is 6.04. The second-order valence-electron chi connectivity index (χ2n) is 2.97. The maximum Gasteiger partial charge on any atom is 0.253 e. The molecule has 1 aromatic heterocycles. The largest absolute Gasteiger partial charge is 0.355 e. The third-order valence-electron chi connectivity index (χ3n) is 2.11. The van der Waals surface area contributed by atoms with E-state index in [1.54, 1.807) is 24.8 Å². The van der Waals surface area contributed by atoms with Gasteiger partial charge in [-0.25, -0.2) is 4.68 Å². The number of nitrogens with zero attached hydrogens (tertiary/aromatic N) is 3. The van der Waals surface area contributed by atoms with Gasteiger partial charge in [-0.3, -0.25) is 4.79 Å². The Hall–Kier alpha value is -1.91. The van der Waals surface area contributed by atoms with Crippen LogP contribution in [-0.4, -0.2) is 27.9 Å². The van der Waals surface area contributed by atoms with E-state index in [2.05, 4.69) is 15.6 Å². The van der Waals surface area contributed by atoms with Crippen LogP contribution < -0.4 is 5.32 Å². The van der Waals surface area contributed by atoms with Crippen LogP contribution in [0.5, 0.6) is 0 Å². The minimum absolute atomic E-state index is 0.142. The number of benzene rings is 1. The summed E-state index contributed by atoms with van der Waals surface area (Å²) < 4.78 is 1.64. The number of amides is 1. The smallest absolute Gasteiger partial charge is 0.253 e. The van der Waals surface area contributed by atoms with Crippen molar-refractivity contribution in [2.75, 3.05) is 7.05 Å². The number of rotatable bonds is 1. The second-order valence-corrected chi connectivity index (χ2v) is 2.97. The first-order valence-corrected chi connectivity index (χ1v) is 4.24. The Morgan fingerprint density at radius 1 is 1.50 bits per heavy atom. The van der Waals surface area contributed by atoms with Gasteiger partial charge >= 0.3 is 0 Å². The van der Waals surface area contributed by atoms with Crippen LogP contribution in [0.2, 0.25) is 0 Å². The zero-order valence-corrected chi connectivity index (χ0v) is 7.98. The van der Waals surface area contributed by atoms with Gasteiger partial charge in [-0.2, -0.15) is 0 Å². The third-order valence-corrected chi connectivity index (χ3v) is 2.11. The molecule has 5 nitrogen and oxygen atoms in total. The number of aryl methyl sites for hydroxylation is 1. The Morgan fingerprint density at radius 2 is 2.29 bits per heavy atom. The highest BCUT2D eigenvalue weighted by Gasteiger charge is 2.11. The van der Waals surface area contributed by atoms with Crippen molar-refractivity contribution >= 4 is 16.9 Å². The van der Waals surface area contributed by atoms with Crippen molar-refractivity contribution in [2.24, 2.45) is 7.05 Å². The molecule has 0 saturated heterocycles. The van der Waals surface area contributed by atoms with E-state index >= 15 is 0 Å². The van der Waals surface area contributed by atoms with E-state index in [4.69, 9.17) is 0 Å². The molecule has 0 spiro atoms. The highest BCUT2D eigenvalue weighted by Crippen LogP contribution is 2.14. The van der Waals surface area contributed by atoms with Crippen molar-refractivity contribution in [2.45, 2.75) is 0 Å². The molecule has 14 heavy (non-hydrogen) atoms. The van der Waals surface area contributed by atoms with E-state index in [9.17, 15) is 4.79 Å². The quantitative estimate of drug-likeness (QED) is 0.704. The minimum atomic E-state index is -0.142. The van der Waals surface area contributed by atoms with Crippen molar-refractivity contribution < 1.29 is 4.79 Å². The van der Waals surface area contributed by atoms with Gasteiger partial charge in [-0.15, -0.1) is 5.10 Å². The fourth-order valence-corrected chi connectivity index (χ4v) is 1.38. The summed E-state index contributed by atoms with van der Waals surface area (Å²) in [6, 6.07) is 5.42. The number of carbonyl (C=O) groups is 1. The molecule has 1 amide bonds. The van der Waals surface area contributed by atoms with Gasteiger partial charge in [0.05, 0.1) is 11.1 Å². The Labute approximate surface area is 80.7 Å². The normalized spacial score (nSPS) is 10.4. The number of fused-ring (bicyclic) bond motifs is 1. The summed E-state index contributed by atoms with van der Waals surface area (Å²) in [7, 11) is 3.39. The van der Waals surface area contributed by atoms with E-state index in [0.29, 0.717) is 11.1 Å². The van der Waals surface area contributed by atoms with Crippen LogP contribution in [0.1, 0.15) is 10.4 Å². The van der Waals surface area contributed by atoms with Crippen molar-refractivity contribution in [3.8, 4) is 0 Å². The monoisotopic (exact) mass is 190 g/mol. The second kappa shape index (κ2) is 3.10. The first-order valence-electron chi connectivity index (χ1n) is 4.24. The predicted molar refractivity (Wildman–Crippen MR) is 51.9 cm³/mol. The van der Waals surface area contributed by atoms with Crippen molar-refractivity contribution in [1.82, 2.24) is 20.3 Å². The first-order chi connectivity index (χ1) is 6.74. The lowest BCUT2D eigenvalue weighted by atomic mass is 10.1. The van der Waals surface area contributed by atoms with E-state index in [0.717, 1.165) is 5.52 Å². The zero-order chi connectivity index (χ0) is 10.1. The van der Waals surface area contributed by atoms with Crippen LogP contribution in [-0.2, 0) is 7.05 Å². The van der Waals surface area contributed by atoms with Crippen LogP contribution in [0.25, 0.3) is 11.0 Å². The average Bonchev–Trinajstić information content (AvgIpc) is 2.59. The van der Waals surface area contributed by atoms with Crippen LogP contribution in [0.4, 0.5) is 0 Å². The van der Waals surface area contributed by atoms with Gasteiger partial charge in [0.2, 0.25) is 0 Å². The van der Waals surface area contributed by atoms with Gasteiger partial charge in [0.25, 0.3) is 5.91 Å². The number of aromatic nitrogens is 3. The molecule has 0 aliphatic carbocycles. The molecule has 5 heteroatoms. The summed E-state index contributed by atoms with van der Waals surface area (Å²) in [4.78, 5) is 11.4. The summed E-state index contributed by atoms with van der Waals surface area (Å²) in [6.45, 7) is 0. The molecule has 2 aromatic rings. The van der Waals surface area contributed by atoms with Gasteiger partial charge in [0.1, 0.15) is 5.52 Å². The van der Waals surface area contributed by atoms with Crippen molar-refractivity contribution in [1.29, 1.82) is 0 Å². The molecule has 72 valence electrons. The summed E-state index contributed by atoms with van der Waals surface area (Å²) in [5.41, 5.74) is 2.04. The summed E-state index contributed by atoms with van der Waals surface area (Å²) in [5, 5.41) is 10.4. The summed E-state index contributed by atoms with van der Waals surface area (Å²) in [5.74, 6) is -0.142. The summed E-state index contributed by atoms with van der Waals surface area (Å²) >= 11 is 0. The van der Waals surface area contributed by atoms with Crippen molar-refractivity contribution in [3.63, 3.8) is 0 Å². The standard InChI is InChI=1S/C9H10N4O/c1-10-9(14)6-4-3-5-7-8(6)11-12-13(7)2/h3-5H,1-2H3,(H,10,14). The zero-order valence-electron chi connectivity index (χ0n) is 7.98. The lowest BCUT2D eigenvalue weighted by Crippen LogP contribution is -2.18. The number of carbonyl (C=O) groups excluding carboxylic acids is 1. The van der Waals surface area contributed by atoms with Gasteiger partial charge in [-0.05, 0) is 12.1 Å². The SMILES string of the molecule is CNC(=O)c1cccc2c1nnn2C. The Morgan fingerprint density at radius 3 is 3.00 bits per heavy atom. The molecular formula is C9H10N4O. The van der Waals surface area contributed by atoms with Crippen LogP contribution in [0.3, 0.4) is 0 Å². The lowest BCUT2D eigenvalue weighted by Gasteiger charge is -1.99. The molecule has 0 unspecified atom stereocenters. The summed E-state index contributed by atoms with van der Waals surface area (Å²) in [6.07, 6.45) is 0. The minimum Gasteiger partial charge on any atom is -0.355 e. The third kappa shape index (κ3) is 1.14. The Bertz CT molecular complexity index is 489. The molecule has 0 atom stereocenters. The van der Waals surface area contributed by atoms with Gasteiger partial charge < -0.3 is 5.32 Å². The van der Waals surface area contributed by atoms with Crippen LogP contribution >= 0.6 is 0 Å². The van der Waals surface area contributed by atoms with E-state index in [-0.39, 0.29) is 5.91 Å². The van der Waals surface area contributed by atoms with Crippen LogP contribution in [0.15, 0.2) is 18.2 Å². The lowest BCUT2D eigenvalue weighted by molar-refractivity contribution is 0.0964. The van der Waals surface area contributed by atoms with Crippen LogP contribution in [0, 0.1) is 0 Å².